The maximum absolute atomic E-state index is 13.0. The van der Waals surface area contributed by atoms with Crippen molar-refractivity contribution in [3.05, 3.63) is 63.2 Å². The van der Waals surface area contributed by atoms with E-state index in [2.05, 4.69) is 10.3 Å². The van der Waals surface area contributed by atoms with Gasteiger partial charge in [0.05, 0.1) is 11.0 Å². The fraction of sp³-hybridized carbons (Fsp3) is 0. The number of rotatable bonds is 3. The summed E-state index contributed by atoms with van der Waals surface area (Å²) in [6.07, 6.45) is 1.37. The summed E-state index contributed by atoms with van der Waals surface area (Å²) >= 11 is 5.66. The lowest BCUT2D eigenvalue weighted by molar-refractivity contribution is -0.385. The first-order valence-electron chi connectivity index (χ1n) is 5.34. The number of pyridine rings is 1. The molecule has 1 amide bonds. The zero-order valence-electron chi connectivity index (χ0n) is 9.84. The van der Waals surface area contributed by atoms with Gasteiger partial charge in [-0.2, -0.15) is 0 Å². The van der Waals surface area contributed by atoms with Crippen LogP contribution in [0.25, 0.3) is 0 Å². The Kier molecular flexibility index (Phi) is 3.90. The van der Waals surface area contributed by atoms with Crippen LogP contribution in [0.2, 0.25) is 5.15 Å². The quantitative estimate of drug-likeness (QED) is 0.536. The molecule has 1 N–H and O–H groups in total. The van der Waals surface area contributed by atoms with Gasteiger partial charge in [-0.15, -0.1) is 0 Å². The minimum atomic E-state index is -0.822. The van der Waals surface area contributed by atoms with Crippen molar-refractivity contribution in [3.8, 4) is 0 Å². The van der Waals surface area contributed by atoms with Crippen LogP contribution in [0.5, 0.6) is 0 Å². The van der Waals surface area contributed by atoms with E-state index in [4.69, 9.17) is 11.6 Å². The second-order valence-electron chi connectivity index (χ2n) is 3.74. The first-order chi connectivity index (χ1) is 9.47. The Morgan fingerprint density at radius 1 is 1.35 bits per heavy atom. The molecule has 2 rings (SSSR count). The second-order valence-corrected chi connectivity index (χ2v) is 4.13. The van der Waals surface area contributed by atoms with E-state index in [9.17, 15) is 19.3 Å². The van der Waals surface area contributed by atoms with Gasteiger partial charge in [0, 0.05) is 11.9 Å². The van der Waals surface area contributed by atoms with Crippen molar-refractivity contribution in [2.24, 2.45) is 0 Å². The summed E-state index contributed by atoms with van der Waals surface area (Å²) < 4.78 is 13.0. The Morgan fingerprint density at radius 3 is 2.75 bits per heavy atom. The van der Waals surface area contributed by atoms with Crippen LogP contribution >= 0.6 is 11.6 Å². The molecular weight excluding hydrogens is 289 g/mol. The van der Waals surface area contributed by atoms with Crippen LogP contribution < -0.4 is 5.32 Å². The molecule has 8 heteroatoms. The highest BCUT2D eigenvalue weighted by molar-refractivity contribution is 6.29. The number of nitrogens with zero attached hydrogens (tertiary/aromatic N) is 2. The summed E-state index contributed by atoms with van der Waals surface area (Å²) in [7, 11) is 0. The van der Waals surface area contributed by atoms with Gasteiger partial charge < -0.3 is 5.32 Å². The summed E-state index contributed by atoms with van der Waals surface area (Å²) in [6, 6.07) is 5.56. The number of anilines is 1. The minimum Gasteiger partial charge on any atom is -0.322 e. The van der Waals surface area contributed by atoms with Crippen LogP contribution in [0.1, 0.15) is 10.4 Å². The number of amides is 1. The van der Waals surface area contributed by atoms with E-state index in [0.29, 0.717) is 11.8 Å². The van der Waals surface area contributed by atoms with Crippen LogP contribution in [0.3, 0.4) is 0 Å². The highest BCUT2D eigenvalue weighted by atomic mass is 35.5. The van der Waals surface area contributed by atoms with E-state index < -0.39 is 22.3 Å². The van der Waals surface area contributed by atoms with Gasteiger partial charge in [0.15, 0.2) is 0 Å². The highest BCUT2D eigenvalue weighted by Crippen LogP contribution is 2.21. The van der Waals surface area contributed by atoms with Gasteiger partial charge >= 0.3 is 0 Å². The van der Waals surface area contributed by atoms with Crippen molar-refractivity contribution >= 4 is 28.9 Å². The summed E-state index contributed by atoms with van der Waals surface area (Å²) in [5, 5.41) is 13.4. The molecule has 6 nitrogen and oxygen atoms in total. The van der Waals surface area contributed by atoms with E-state index in [1.165, 1.54) is 18.3 Å². The molecule has 0 saturated heterocycles. The second kappa shape index (κ2) is 5.62. The number of hydrogen-bond acceptors (Lipinski definition) is 4. The monoisotopic (exact) mass is 295 g/mol. The molecule has 1 aromatic carbocycles. The number of halogens is 2. The molecule has 0 aliphatic carbocycles. The molecule has 102 valence electrons. The van der Waals surface area contributed by atoms with Crippen molar-refractivity contribution in [3.63, 3.8) is 0 Å². The van der Waals surface area contributed by atoms with E-state index in [1.54, 1.807) is 0 Å². The third kappa shape index (κ3) is 3.07. The molecular formula is C12H7ClFN3O3. The number of nitrogens with one attached hydrogen (secondary N) is 1. The molecule has 0 bridgehead atoms. The van der Waals surface area contributed by atoms with Crippen molar-refractivity contribution in [2.45, 2.75) is 0 Å². The molecule has 1 heterocycles. The predicted molar refractivity (Wildman–Crippen MR) is 70.3 cm³/mol. The molecule has 0 aliphatic heterocycles. The number of aromatic nitrogens is 1. The normalized spacial score (nSPS) is 10.1. The number of benzene rings is 1. The smallest absolute Gasteiger partial charge is 0.285 e. The molecule has 0 fully saturated rings. The largest absolute Gasteiger partial charge is 0.322 e. The molecule has 2 aromatic rings. The van der Waals surface area contributed by atoms with Crippen molar-refractivity contribution in [2.75, 3.05) is 5.32 Å². The SMILES string of the molecule is O=C(Nc1ccnc(Cl)c1)c1ccc(F)cc1[N+](=O)[O-]. The standard InChI is InChI=1S/C12H7ClFN3O3/c13-11-6-8(3-4-15-11)16-12(18)9-2-1-7(14)5-10(9)17(19)20/h1-6H,(H,15,16,18). The van der Waals surface area contributed by atoms with Gasteiger partial charge in [-0.05, 0) is 24.3 Å². The van der Waals surface area contributed by atoms with Gasteiger partial charge in [0.25, 0.3) is 11.6 Å². The Balaban J connectivity index is 2.32. The lowest BCUT2D eigenvalue weighted by Gasteiger charge is -2.06. The maximum Gasteiger partial charge on any atom is 0.285 e. The average molecular weight is 296 g/mol. The Labute approximate surface area is 117 Å². The Morgan fingerprint density at radius 2 is 2.10 bits per heavy atom. The maximum atomic E-state index is 13.0. The third-order valence-corrected chi connectivity index (χ3v) is 2.59. The molecule has 0 unspecified atom stereocenters. The molecule has 20 heavy (non-hydrogen) atoms. The molecule has 0 atom stereocenters. The molecule has 0 radical (unpaired) electrons. The van der Waals surface area contributed by atoms with Gasteiger partial charge in [0.2, 0.25) is 0 Å². The third-order valence-electron chi connectivity index (χ3n) is 2.39. The average Bonchev–Trinajstić information content (AvgIpc) is 2.38. The molecule has 0 saturated carbocycles. The van der Waals surface area contributed by atoms with Crippen molar-refractivity contribution in [1.82, 2.24) is 4.98 Å². The summed E-state index contributed by atoms with van der Waals surface area (Å²) in [6.45, 7) is 0. The van der Waals surface area contributed by atoms with Gasteiger partial charge in [-0.1, -0.05) is 11.6 Å². The fourth-order valence-corrected chi connectivity index (χ4v) is 1.70. The molecule has 0 spiro atoms. The van der Waals surface area contributed by atoms with Crippen LogP contribution in [-0.2, 0) is 0 Å². The number of nitro groups is 1. The van der Waals surface area contributed by atoms with E-state index in [-0.39, 0.29) is 10.7 Å². The number of nitro benzene ring substituents is 1. The van der Waals surface area contributed by atoms with Crippen LogP contribution in [-0.4, -0.2) is 15.8 Å². The van der Waals surface area contributed by atoms with E-state index >= 15 is 0 Å². The van der Waals surface area contributed by atoms with Gasteiger partial charge in [-0.3, -0.25) is 14.9 Å². The summed E-state index contributed by atoms with van der Waals surface area (Å²) in [4.78, 5) is 25.7. The van der Waals surface area contributed by atoms with Gasteiger partial charge in [-0.25, -0.2) is 9.37 Å². The predicted octanol–water partition coefficient (Wildman–Crippen LogP) is 3.03. The highest BCUT2D eigenvalue weighted by Gasteiger charge is 2.21. The number of carbonyl (C=O) groups is 1. The zero-order chi connectivity index (χ0) is 14.7. The van der Waals surface area contributed by atoms with Crippen molar-refractivity contribution in [1.29, 1.82) is 0 Å². The number of hydrogen-bond donors (Lipinski definition) is 1. The van der Waals surface area contributed by atoms with E-state index in [1.807, 2.05) is 0 Å². The molecule has 0 aliphatic rings. The van der Waals surface area contributed by atoms with Gasteiger partial charge in [0.1, 0.15) is 16.5 Å². The van der Waals surface area contributed by atoms with Crippen LogP contribution in [0.15, 0.2) is 36.5 Å². The van der Waals surface area contributed by atoms with Crippen molar-refractivity contribution < 1.29 is 14.1 Å². The van der Waals surface area contributed by atoms with Crippen LogP contribution in [0, 0.1) is 15.9 Å². The zero-order valence-corrected chi connectivity index (χ0v) is 10.6. The Hall–Kier alpha value is -2.54. The lowest BCUT2D eigenvalue weighted by atomic mass is 10.1. The first-order valence-corrected chi connectivity index (χ1v) is 5.72. The minimum absolute atomic E-state index is 0.163. The Bertz CT molecular complexity index is 693. The number of carbonyl (C=O) groups excluding carboxylic acids is 1. The summed E-state index contributed by atoms with van der Waals surface area (Å²) in [5.74, 6) is -1.53. The summed E-state index contributed by atoms with van der Waals surface area (Å²) in [5.41, 5.74) is -0.527. The topological polar surface area (TPSA) is 85.1 Å². The molecule has 1 aromatic heterocycles. The fourth-order valence-electron chi connectivity index (χ4n) is 1.53. The van der Waals surface area contributed by atoms with E-state index in [0.717, 1.165) is 12.1 Å². The first kappa shape index (κ1) is 13.9. The van der Waals surface area contributed by atoms with Crippen LogP contribution in [0.4, 0.5) is 15.8 Å². The lowest BCUT2D eigenvalue weighted by Crippen LogP contribution is -2.14.